The van der Waals surface area contributed by atoms with Crippen molar-refractivity contribution in [3.8, 4) is 16.9 Å². The lowest BCUT2D eigenvalue weighted by atomic mass is 9.99. The molecule has 0 bridgehead atoms. The second-order valence-electron chi connectivity index (χ2n) is 8.91. The fourth-order valence-electron chi connectivity index (χ4n) is 4.59. The van der Waals surface area contributed by atoms with Crippen LogP contribution >= 0.6 is 11.3 Å². The number of carbonyl (C=O) groups is 2. The summed E-state index contributed by atoms with van der Waals surface area (Å²) in [4.78, 5) is 46.1. The van der Waals surface area contributed by atoms with Gasteiger partial charge in [-0.15, -0.1) is 17.9 Å². The maximum Gasteiger partial charge on any atom is 0.265 e. The van der Waals surface area contributed by atoms with E-state index in [-0.39, 0.29) is 23.9 Å². The lowest BCUT2D eigenvalue weighted by Crippen LogP contribution is -2.39. The Bertz CT molecular complexity index is 1600. The van der Waals surface area contributed by atoms with Gasteiger partial charge in [-0.3, -0.25) is 19.0 Å². The molecule has 1 atom stereocenters. The van der Waals surface area contributed by atoms with Crippen molar-refractivity contribution in [1.82, 2.24) is 9.55 Å². The highest BCUT2D eigenvalue weighted by atomic mass is 32.1. The Morgan fingerprint density at radius 1 is 1.19 bits per heavy atom. The average molecular weight is 500 g/mol. The monoisotopic (exact) mass is 499 g/mol. The average Bonchev–Trinajstić information content (AvgIpc) is 3.30. The molecule has 2 aromatic carbocycles. The number of benzene rings is 2. The molecule has 0 N–H and O–H groups in total. The summed E-state index contributed by atoms with van der Waals surface area (Å²) in [7, 11) is 0. The molecule has 0 saturated carbocycles. The van der Waals surface area contributed by atoms with Gasteiger partial charge in [0, 0.05) is 23.1 Å². The van der Waals surface area contributed by atoms with Gasteiger partial charge in [0.2, 0.25) is 0 Å². The van der Waals surface area contributed by atoms with Crippen molar-refractivity contribution in [2.24, 2.45) is 0 Å². The number of amides is 1. The number of Topliss-reactive ketones (excluding diaryl/α,β-unsaturated/α-hetero) is 1. The van der Waals surface area contributed by atoms with E-state index in [0.717, 1.165) is 22.3 Å². The Kier molecular flexibility index (Phi) is 6.05. The fourth-order valence-corrected chi connectivity index (χ4v) is 5.49. The van der Waals surface area contributed by atoms with Gasteiger partial charge in [-0.05, 0) is 50.1 Å². The van der Waals surface area contributed by atoms with Crippen molar-refractivity contribution in [3.05, 3.63) is 87.8 Å². The van der Waals surface area contributed by atoms with Crippen molar-refractivity contribution in [1.29, 1.82) is 0 Å². The predicted molar refractivity (Wildman–Crippen MR) is 142 cm³/mol. The van der Waals surface area contributed by atoms with Crippen LogP contribution in [0.1, 0.15) is 34.5 Å². The van der Waals surface area contributed by atoms with Crippen LogP contribution in [-0.4, -0.2) is 34.4 Å². The van der Waals surface area contributed by atoms with Gasteiger partial charge >= 0.3 is 0 Å². The molecule has 0 saturated heterocycles. The van der Waals surface area contributed by atoms with E-state index < -0.39 is 6.04 Å². The van der Waals surface area contributed by atoms with E-state index >= 15 is 0 Å². The first-order valence-electron chi connectivity index (χ1n) is 11.6. The van der Waals surface area contributed by atoms with Crippen molar-refractivity contribution < 1.29 is 14.3 Å². The molecule has 0 radical (unpaired) electrons. The van der Waals surface area contributed by atoms with Gasteiger partial charge in [0.05, 0.1) is 23.4 Å². The third-order valence-electron chi connectivity index (χ3n) is 6.49. The number of anilines is 1. The standard InChI is InChI=1S/C28H25N3O4S/c1-5-10-30-22-12-19(7-9-23(22)35-13-24(30)32)26(33)18(4)31-15-29-27-25(28(31)34)21(14-36-27)20-8-6-16(2)11-17(20)3/h5-9,11-12,14-15,18H,1,10,13H2,2-4H3. The van der Waals surface area contributed by atoms with E-state index in [1.54, 1.807) is 31.2 Å². The third-order valence-corrected chi connectivity index (χ3v) is 7.37. The molecule has 0 spiro atoms. The Morgan fingerprint density at radius 3 is 2.75 bits per heavy atom. The number of aryl methyl sites for hydroxylation is 2. The number of ether oxygens (including phenoxy) is 1. The minimum Gasteiger partial charge on any atom is -0.482 e. The van der Waals surface area contributed by atoms with Crippen molar-refractivity contribution >= 4 is 38.9 Å². The van der Waals surface area contributed by atoms with E-state index in [0.29, 0.717) is 33.8 Å². The van der Waals surface area contributed by atoms with Crippen LogP contribution in [0.2, 0.25) is 0 Å². The molecule has 182 valence electrons. The highest BCUT2D eigenvalue weighted by Gasteiger charge is 2.27. The second-order valence-corrected chi connectivity index (χ2v) is 9.77. The van der Waals surface area contributed by atoms with Crippen LogP contribution < -0.4 is 15.2 Å². The molecule has 3 heterocycles. The molecule has 5 rings (SSSR count). The molecule has 8 heteroatoms. The Hall–Kier alpha value is -4.04. The maximum absolute atomic E-state index is 13.6. The third kappa shape index (κ3) is 3.93. The van der Waals surface area contributed by atoms with E-state index in [2.05, 4.69) is 17.6 Å². The molecular formula is C28H25N3O4S. The molecule has 7 nitrogen and oxygen atoms in total. The van der Waals surface area contributed by atoms with Crippen LogP contribution in [0.25, 0.3) is 21.3 Å². The van der Waals surface area contributed by atoms with E-state index in [1.165, 1.54) is 27.1 Å². The molecule has 4 aromatic rings. The summed E-state index contributed by atoms with van der Waals surface area (Å²) in [6.07, 6.45) is 3.06. The molecule has 0 aliphatic carbocycles. The molecular weight excluding hydrogens is 474 g/mol. The lowest BCUT2D eigenvalue weighted by Gasteiger charge is -2.29. The smallest absolute Gasteiger partial charge is 0.265 e. The zero-order valence-corrected chi connectivity index (χ0v) is 21.1. The first-order valence-corrected chi connectivity index (χ1v) is 12.5. The highest BCUT2D eigenvalue weighted by Crippen LogP contribution is 2.35. The van der Waals surface area contributed by atoms with Crippen LogP contribution in [0.15, 0.2) is 65.6 Å². The van der Waals surface area contributed by atoms with Gasteiger partial charge in [0.15, 0.2) is 12.4 Å². The summed E-state index contributed by atoms with van der Waals surface area (Å²) >= 11 is 1.41. The minimum atomic E-state index is -0.799. The molecule has 1 aliphatic heterocycles. The highest BCUT2D eigenvalue weighted by molar-refractivity contribution is 7.17. The van der Waals surface area contributed by atoms with Crippen LogP contribution in [0, 0.1) is 13.8 Å². The minimum absolute atomic E-state index is 0.0605. The number of aromatic nitrogens is 2. The number of hydrogen-bond donors (Lipinski definition) is 0. The molecule has 0 fully saturated rings. The first kappa shape index (κ1) is 23.7. The van der Waals surface area contributed by atoms with E-state index in [9.17, 15) is 14.4 Å². The normalized spacial score (nSPS) is 13.9. The van der Waals surface area contributed by atoms with Gasteiger partial charge in [0.25, 0.3) is 11.5 Å². The molecule has 1 amide bonds. The van der Waals surface area contributed by atoms with Gasteiger partial charge in [0.1, 0.15) is 10.6 Å². The number of thiophene rings is 1. The zero-order valence-electron chi connectivity index (χ0n) is 20.3. The topological polar surface area (TPSA) is 81.5 Å². The SMILES string of the molecule is C=CCN1C(=O)COc2ccc(C(=O)C(C)n3cnc4scc(-c5ccc(C)cc5C)c4c3=O)cc21. The number of carbonyl (C=O) groups excluding carboxylic acids is 2. The van der Waals surface area contributed by atoms with Gasteiger partial charge in [-0.25, -0.2) is 4.98 Å². The van der Waals surface area contributed by atoms with Crippen molar-refractivity contribution in [2.45, 2.75) is 26.8 Å². The van der Waals surface area contributed by atoms with E-state index in [4.69, 9.17) is 4.74 Å². The van der Waals surface area contributed by atoms with E-state index in [1.807, 2.05) is 31.4 Å². The van der Waals surface area contributed by atoms with Crippen LogP contribution in [0.3, 0.4) is 0 Å². The van der Waals surface area contributed by atoms with Crippen LogP contribution in [0.4, 0.5) is 5.69 Å². The number of hydrogen-bond acceptors (Lipinski definition) is 6. The van der Waals surface area contributed by atoms with Crippen molar-refractivity contribution in [3.63, 3.8) is 0 Å². The van der Waals surface area contributed by atoms with Gasteiger partial charge < -0.3 is 9.64 Å². The largest absolute Gasteiger partial charge is 0.482 e. The Labute approximate surface area is 212 Å². The second kappa shape index (κ2) is 9.20. The Morgan fingerprint density at radius 2 is 2.00 bits per heavy atom. The predicted octanol–water partition coefficient (Wildman–Crippen LogP) is 5.10. The molecule has 36 heavy (non-hydrogen) atoms. The summed E-state index contributed by atoms with van der Waals surface area (Å²) in [6, 6.07) is 10.3. The molecule has 1 unspecified atom stereocenters. The summed E-state index contributed by atoms with van der Waals surface area (Å²) in [5.41, 5.74) is 4.65. The van der Waals surface area contributed by atoms with Gasteiger partial charge in [-0.1, -0.05) is 29.8 Å². The van der Waals surface area contributed by atoms with Gasteiger partial charge in [-0.2, -0.15) is 0 Å². The number of fused-ring (bicyclic) bond motifs is 2. The maximum atomic E-state index is 13.6. The number of nitrogens with zero attached hydrogens (tertiary/aromatic N) is 3. The summed E-state index contributed by atoms with van der Waals surface area (Å²) in [6.45, 7) is 9.69. The summed E-state index contributed by atoms with van der Waals surface area (Å²) in [5, 5.41) is 2.46. The number of ketones is 1. The summed E-state index contributed by atoms with van der Waals surface area (Å²) in [5.74, 6) is 0.0560. The van der Waals surface area contributed by atoms with Crippen LogP contribution in [0.5, 0.6) is 5.75 Å². The van der Waals surface area contributed by atoms with Crippen LogP contribution in [-0.2, 0) is 4.79 Å². The fraction of sp³-hybridized carbons (Fsp3) is 0.214. The lowest BCUT2D eigenvalue weighted by molar-refractivity contribution is -0.121. The molecule has 1 aliphatic rings. The summed E-state index contributed by atoms with van der Waals surface area (Å²) < 4.78 is 6.90. The zero-order chi connectivity index (χ0) is 25.6. The van der Waals surface area contributed by atoms with Crippen molar-refractivity contribution in [2.75, 3.05) is 18.1 Å². The molecule has 2 aromatic heterocycles. The first-order chi connectivity index (χ1) is 17.3. The Balaban J connectivity index is 1.55. The quantitative estimate of drug-likeness (QED) is 0.272. The number of rotatable bonds is 6.